The Morgan fingerprint density at radius 3 is 2.89 bits per heavy atom. The summed E-state index contributed by atoms with van der Waals surface area (Å²) in [4.78, 5) is 19.1. The Labute approximate surface area is 170 Å². The van der Waals surface area contributed by atoms with Crippen molar-refractivity contribution in [3.8, 4) is 11.4 Å². The van der Waals surface area contributed by atoms with Crippen LogP contribution in [-0.4, -0.2) is 74.6 Å². The van der Waals surface area contributed by atoms with Crippen LogP contribution in [0.4, 0.5) is 0 Å². The van der Waals surface area contributed by atoms with Crippen molar-refractivity contribution in [3.05, 3.63) is 34.7 Å². The Balaban J connectivity index is 1.51. The monoisotopic (exact) mass is 447 g/mol. The number of carbonyl (C=O) groups excluding carboxylic acids is 1. The first-order valence-electron chi connectivity index (χ1n) is 9.32. The highest BCUT2D eigenvalue weighted by Crippen LogP contribution is 2.26. The molecule has 3 aromatic rings. The van der Waals surface area contributed by atoms with E-state index in [1.54, 1.807) is 16.8 Å². The van der Waals surface area contributed by atoms with Gasteiger partial charge in [0.05, 0.1) is 23.4 Å². The zero-order valence-corrected chi connectivity index (χ0v) is 17.2. The Hall–Kier alpha value is -2.30. The Morgan fingerprint density at radius 2 is 2.14 bits per heavy atom. The lowest BCUT2D eigenvalue weighted by atomic mass is 10.3. The van der Waals surface area contributed by atoms with Crippen molar-refractivity contribution < 1.29 is 9.53 Å². The van der Waals surface area contributed by atoms with Gasteiger partial charge in [-0.25, -0.2) is 9.50 Å². The van der Waals surface area contributed by atoms with Crippen LogP contribution in [0.2, 0.25) is 0 Å². The van der Waals surface area contributed by atoms with E-state index in [2.05, 4.69) is 41.3 Å². The van der Waals surface area contributed by atoms with E-state index in [1.165, 1.54) is 0 Å². The van der Waals surface area contributed by atoms with E-state index in [1.807, 2.05) is 23.9 Å². The minimum atomic E-state index is -0.206. The van der Waals surface area contributed by atoms with Gasteiger partial charge < -0.3 is 10.1 Å². The molecule has 1 fully saturated rings. The highest BCUT2D eigenvalue weighted by atomic mass is 79.9. The summed E-state index contributed by atoms with van der Waals surface area (Å²) in [5, 5.41) is 12.0. The van der Waals surface area contributed by atoms with Gasteiger partial charge in [0.15, 0.2) is 11.3 Å². The molecule has 3 aromatic heterocycles. The number of hydrogen-bond donors (Lipinski definition) is 1. The molecule has 0 aliphatic carbocycles. The zero-order valence-electron chi connectivity index (χ0n) is 15.6. The van der Waals surface area contributed by atoms with Gasteiger partial charge >= 0.3 is 0 Å². The van der Waals surface area contributed by atoms with Crippen LogP contribution in [0.25, 0.3) is 17.0 Å². The molecule has 4 rings (SSSR count). The number of morpholine rings is 1. The number of hydrogen-bond acceptors (Lipinski definition) is 6. The molecule has 0 unspecified atom stereocenters. The molecule has 0 spiro atoms. The Kier molecular flexibility index (Phi) is 5.69. The van der Waals surface area contributed by atoms with Crippen molar-refractivity contribution in [2.24, 2.45) is 0 Å². The number of amides is 1. The molecule has 0 saturated carbocycles. The molecule has 0 radical (unpaired) electrons. The third-order valence-corrected chi connectivity index (χ3v) is 5.27. The quantitative estimate of drug-likeness (QED) is 0.614. The van der Waals surface area contributed by atoms with Crippen LogP contribution in [0.15, 0.2) is 29.0 Å². The first-order chi connectivity index (χ1) is 13.7. The molecule has 0 aromatic carbocycles. The molecular weight excluding hydrogens is 426 g/mol. The number of nitrogens with one attached hydrogen (secondary N) is 1. The van der Waals surface area contributed by atoms with Crippen molar-refractivity contribution in [3.63, 3.8) is 0 Å². The second-order valence-corrected chi connectivity index (χ2v) is 7.38. The van der Waals surface area contributed by atoms with Gasteiger partial charge in [0.25, 0.3) is 5.91 Å². The molecule has 1 aliphatic heterocycles. The summed E-state index contributed by atoms with van der Waals surface area (Å²) in [6.45, 7) is 7.46. The number of rotatable bonds is 6. The highest BCUT2D eigenvalue weighted by Gasteiger charge is 2.17. The standard InChI is InChI=1S/C18H22BrN7O2/c1-2-25-12-13(19)17(23-25)15-3-4-20-16-11-14(22-26(15)16)18(27)21-5-6-24-7-9-28-10-8-24/h3-4,11-12H,2,5-10H2,1H3,(H,21,27). The topological polar surface area (TPSA) is 89.6 Å². The number of fused-ring (bicyclic) bond motifs is 1. The van der Waals surface area contributed by atoms with E-state index in [9.17, 15) is 4.79 Å². The van der Waals surface area contributed by atoms with Crippen molar-refractivity contribution in [1.29, 1.82) is 0 Å². The SMILES string of the molecule is CCn1cc(Br)c(-c2ccnc3cc(C(=O)NCCN4CCOCC4)nn23)n1. The predicted molar refractivity (Wildman–Crippen MR) is 107 cm³/mol. The van der Waals surface area contributed by atoms with Gasteiger partial charge in [-0.3, -0.25) is 14.4 Å². The lowest BCUT2D eigenvalue weighted by Crippen LogP contribution is -2.41. The largest absolute Gasteiger partial charge is 0.379 e. The van der Waals surface area contributed by atoms with Crippen LogP contribution in [0.3, 0.4) is 0 Å². The highest BCUT2D eigenvalue weighted by molar-refractivity contribution is 9.10. The van der Waals surface area contributed by atoms with Gasteiger partial charge in [-0.15, -0.1) is 0 Å². The molecule has 28 heavy (non-hydrogen) atoms. The van der Waals surface area contributed by atoms with Gasteiger partial charge in [-0.2, -0.15) is 10.2 Å². The van der Waals surface area contributed by atoms with Gasteiger partial charge in [0.2, 0.25) is 0 Å². The first-order valence-corrected chi connectivity index (χ1v) is 10.1. The maximum atomic E-state index is 12.5. The van der Waals surface area contributed by atoms with Gasteiger partial charge in [-0.1, -0.05) is 0 Å². The van der Waals surface area contributed by atoms with Gasteiger partial charge in [0, 0.05) is 51.2 Å². The molecular formula is C18H22BrN7O2. The number of aromatic nitrogens is 5. The maximum Gasteiger partial charge on any atom is 0.271 e. The molecule has 0 bridgehead atoms. The van der Waals surface area contributed by atoms with E-state index in [0.717, 1.165) is 55.3 Å². The van der Waals surface area contributed by atoms with Gasteiger partial charge in [0.1, 0.15) is 5.69 Å². The van der Waals surface area contributed by atoms with Crippen molar-refractivity contribution in [2.75, 3.05) is 39.4 Å². The molecule has 148 valence electrons. The third kappa shape index (κ3) is 3.94. The summed E-state index contributed by atoms with van der Waals surface area (Å²) in [7, 11) is 0. The van der Waals surface area contributed by atoms with Crippen molar-refractivity contribution in [2.45, 2.75) is 13.5 Å². The lowest BCUT2D eigenvalue weighted by molar-refractivity contribution is 0.0383. The fourth-order valence-electron chi connectivity index (χ4n) is 3.16. The first kappa shape index (κ1) is 19.0. The smallest absolute Gasteiger partial charge is 0.271 e. The van der Waals surface area contributed by atoms with E-state index in [4.69, 9.17) is 4.74 Å². The number of carbonyl (C=O) groups is 1. The number of halogens is 1. The van der Waals surface area contributed by atoms with E-state index in [0.29, 0.717) is 17.9 Å². The van der Waals surface area contributed by atoms with Crippen LogP contribution < -0.4 is 5.32 Å². The predicted octanol–water partition coefficient (Wildman–Crippen LogP) is 1.44. The third-order valence-electron chi connectivity index (χ3n) is 4.69. The van der Waals surface area contributed by atoms with Crippen LogP contribution in [0.1, 0.15) is 17.4 Å². The fourth-order valence-corrected chi connectivity index (χ4v) is 3.68. The number of nitrogens with zero attached hydrogens (tertiary/aromatic N) is 6. The summed E-state index contributed by atoms with van der Waals surface area (Å²) in [5.74, 6) is -0.206. The molecule has 10 heteroatoms. The average Bonchev–Trinajstić information content (AvgIpc) is 3.32. The molecule has 1 N–H and O–H groups in total. The van der Waals surface area contributed by atoms with Crippen LogP contribution in [0.5, 0.6) is 0 Å². The maximum absolute atomic E-state index is 12.5. The van der Waals surface area contributed by atoms with Crippen molar-refractivity contribution in [1.82, 2.24) is 34.6 Å². The zero-order chi connectivity index (χ0) is 19.5. The van der Waals surface area contributed by atoms with Crippen LogP contribution in [-0.2, 0) is 11.3 Å². The minimum Gasteiger partial charge on any atom is -0.379 e. The summed E-state index contributed by atoms with van der Waals surface area (Å²) >= 11 is 3.55. The lowest BCUT2D eigenvalue weighted by Gasteiger charge is -2.26. The average molecular weight is 448 g/mol. The molecule has 9 nitrogen and oxygen atoms in total. The van der Waals surface area contributed by atoms with Crippen LogP contribution >= 0.6 is 15.9 Å². The molecule has 0 atom stereocenters. The fraction of sp³-hybridized carbons (Fsp3) is 0.444. The Morgan fingerprint density at radius 1 is 1.32 bits per heavy atom. The summed E-state index contributed by atoms with van der Waals surface area (Å²) in [6, 6.07) is 3.53. The van der Waals surface area contributed by atoms with E-state index < -0.39 is 0 Å². The number of ether oxygens (including phenoxy) is 1. The second kappa shape index (κ2) is 8.38. The summed E-state index contributed by atoms with van der Waals surface area (Å²) < 4.78 is 9.70. The molecule has 1 saturated heterocycles. The second-order valence-electron chi connectivity index (χ2n) is 6.52. The minimum absolute atomic E-state index is 0.206. The number of aryl methyl sites for hydroxylation is 1. The van der Waals surface area contributed by atoms with E-state index >= 15 is 0 Å². The van der Waals surface area contributed by atoms with Gasteiger partial charge in [-0.05, 0) is 28.9 Å². The molecule has 1 amide bonds. The molecule has 1 aliphatic rings. The van der Waals surface area contributed by atoms with Crippen molar-refractivity contribution >= 4 is 27.5 Å². The van der Waals surface area contributed by atoms with E-state index in [-0.39, 0.29) is 5.91 Å². The normalized spacial score (nSPS) is 15.2. The van der Waals surface area contributed by atoms with Crippen LogP contribution in [0, 0.1) is 0 Å². The molecule has 4 heterocycles. The summed E-state index contributed by atoms with van der Waals surface area (Å²) in [5.41, 5.74) is 2.48. The summed E-state index contributed by atoms with van der Waals surface area (Å²) in [6.07, 6.45) is 3.62. The Bertz CT molecular complexity index is 978.